The predicted octanol–water partition coefficient (Wildman–Crippen LogP) is 4.28. The van der Waals surface area contributed by atoms with E-state index >= 15 is 0 Å². The number of rotatable bonds is 10. The second-order valence-corrected chi connectivity index (χ2v) is 10.9. The van der Waals surface area contributed by atoms with Gasteiger partial charge in [-0.25, -0.2) is 8.42 Å². The second kappa shape index (κ2) is 11.2. The summed E-state index contributed by atoms with van der Waals surface area (Å²) in [6.45, 7) is 6.09. The number of nitro groups is 1. The van der Waals surface area contributed by atoms with Crippen molar-refractivity contribution in [2.24, 2.45) is 0 Å². The van der Waals surface area contributed by atoms with Crippen molar-refractivity contribution >= 4 is 27.3 Å². The van der Waals surface area contributed by atoms with E-state index in [0.29, 0.717) is 0 Å². The summed E-state index contributed by atoms with van der Waals surface area (Å²) in [5, 5.41) is 13.7. The third kappa shape index (κ3) is 6.60. The lowest BCUT2D eigenvalue weighted by molar-refractivity contribution is -0.384. The van der Waals surface area contributed by atoms with Crippen molar-refractivity contribution in [3.8, 4) is 5.75 Å². The number of hydrogen-bond donors (Lipinski definition) is 1. The molecule has 9 nitrogen and oxygen atoms in total. The molecule has 0 aliphatic carbocycles. The van der Waals surface area contributed by atoms with Gasteiger partial charge in [0.15, 0.2) is 0 Å². The molecule has 1 amide bonds. The van der Waals surface area contributed by atoms with Crippen LogP contribution in [0.15, 0.2) is 83.8 Å². The van der Waals surface area contributed by atoms with Gasteiger partial charge in [-0.05, 0) is 41.3 Å². The van der Waals surface area contributed by atoms with Crippen molar-refractivity contribution in [1.82, 2.24) is 5.32 Å². The molecule has 3 aromatic carbocycles. The van der Waals surface area contributed by atoms with E-state index in [1.807, 2.05) is 24.3 Å². The first kappa shape index (κ1) is 26.7. The predicted molar refractivity (Wildman–Crippen MR) is 138 cm³/mol. The molecule has 0 bridgehead atoms. The highest BCUT2D eigenvalue weighted by molar-refractivity contribution is 7.92. The van der Waals surface area contributed by atoms with Crippen molar-refractivity contribution in [1.29, 1.82) is 0 Å². The molecule has 1 N–H and O–H groups in total. The number of hydrogen-bond acceptors (Lipinski definition) is 6. The Morgan fingerprint density at radius 2 is 1.58 bits per heavy atom. The Kier molecular flexibility index (Phi) is 8.31. The highest BCUT2D eigenvalue weighted by Crippen LogP contribution is 2.31. The summed E-state index contributed by atoms with van der Waals surface area (Å²) < 4.78 is 33.4. The molecule has 36 heavy (non-hydrogen) atoms. The average Bonchev–Trinajstić information content (AvgIpc) is 2.85. The summed E-state index contributed by atoms with van der Waals surface area (Å²) in [5.41, 5.74) is 0.870. The number of nitrogens with one attached hydrogen (secondary N) is 1. The Labute approximate surface area is 210 Å². The number of benzene rings is 3. The van der Waals surface area contributed by atoms with E-state index in [0.717, 1.165) is 15.6 Å². The Morgan fingerprint density at radius 1 is 0.972 bits per heavy atom. The van der Waals surface area contributed by atoms with Gasteiger partial charge in [0.1, 0.15) is 18.9 Å². The fourth-order valence-electron chi connectivity index (χ4n) is 3.53. The van der Waals surface area contributed by atoms with Crippen LogP contribution in [0.5, 0.6) is 5.75 Å². The number of non-ortho nitro benzene ring substituents is 1. The molecule has 0 saturated carbocycles. The largest absolute Gasteiger partial charge is 0.491 e. The molecule has 0 aliphatic heterocycles. The van der Waals surface area contributed by atoms with Crippen LogP contribution in [0.3, 0.4) is 0 Å². The molecule has 0 saturated heterocycles. The maximum absolute atomic E-state index is 13.3. The summed E-state index contributed by atoms with van der Waals surface area (Å²) in [7, 11) is -4.11. The van der Waals surface area contributed by atoms with E-state index in [1.54, 1.807) is 18.2 Å². The van der Waals surface area contributed by atoms with Gasteiger partial charge in [-0.3, -0.25) is 19.2 Å². The zero-order valence-electron chi connectivity index (χ0n) is 20.4. The number of para-hydroxylation sites is 1. The maximum atomic E-state index is 13.3. The van der Waals surface area contributed by atoms with E-state index in [-0.39, 0.29) is 34.8 Å². The minimum atomic E-state index is -4.11. The molecule has 3 rings (SSSR count). The Balaban J connectivity index is 1.72. The van der Waals surface area contributed by atoms with Crippen LogP contribution in [0.1, 0.15) is 26.3 Å². The van der Waals surface area contributed by atoms with Gasteiger partial charge in [-0.2, -0.15) is 0 Å². The van der Waals surface area contributed by atoms with Gasteiger partial charge in [0.25, 0.3) is 15.7 Å². The van der Waals surface area contributed by atoms with E-state index in [4.69, 9.17) is 4.74 Å². The normalized spacial score (nSPS) is 11.5. The van der Waals surface area contributed by atoms with E-state index in [9.17, 15) is 23.3 Å². The summed E-state index contributed by atoms with van der Waals surface area (Å²) >= 11 is 0. The van der Waals surface area contributed by atoms with Gasteiger partial charge in [-0.15, -0.1) is 0 Å². The van der Waals surface area contributed by atoms with Gasteiger partial charge in [0.05, 0.1) is 22.1 Å². The summed E-state index contributed by atoms with van der Waals surface area (Å²) in [6.07, 6.45) is 0. The summed E-state index contributed by atoms with van der Waals surface area (Å²) in [5.74, 6) is 0.180. The zero-order chi connectivity index (χ0) is 26.3. The van der Waals surface area contributed by atoms with Crippen LogP contribution in [0.25, 0.3) is 0 Å². The van der Waals surface area contributed by atoms with Gasteiger partial charge < -0.3 is 10.1 Å². The monoisotopic (exact) mass is 511 g/mol. The summed E-state index contributed by atoms with van der Waals surface area (Å²) in [6, 6.07) is 20.4. The molecule has 0 fully saturated rings. The van der Waals surface area contributed by atoms with Crippen molar-refractivity contribution in [3.63, 3.8) is 0 Å². The molecular weight excluding hydrogens is 482 g/mol. The maximum Gasteiger partial charge on any atom is 0.269 e. The van der Waals surface area contributed by atoms with Crippen LogP contribution in [-0.4, -0.2) is 38.9 Å². The number of nitrogens with zero attached hydrogens (tertiary/aromatic N) is 2. The molecule has 190 valence electrons. The minimum absolute atomic E-state index is 0.00160. The first-order valence-corrected chi connectivity index (χ1v) is 12.8. The molecule has 0 aromatic heterocycles. The lowest BCUT2D eigenvalue weighted by Crippen LogP contribution is -2.42. The van der Waals surface area contributed by atoms with Gasteiger partial charge >= 0.3 is 0 Å². The average molecular weight is 512 g/mol. The zero-order valence-corrected chi connectivity index (χ0v) is 21.2. The van der Waals surface area contributed by atoms with E-state index in [1.165, 1.54) is 36.4 Å². The SMILES string of the molecule is CC(C)(C)c1ccccc1OCCNC(=O)CN(c1ccc([N+](=O)[O-])cc1)S(=O)(=O)c1ccccc1. The van der Waals surface area contributed by atoms with Crippen LogP contribution in [0, 0.1) is 10.1 Å². The Morgan fingerprint density at radius 3 is 2.19 bits per heavy atom. The number of nitro benzene ring substituents is 1. The first-order chi connectivity index (χ1) is 17.0. The highest BCUT2D eigenvalue weighted by atomic mass is 32.2. The van der Waals surface area contributed by atoms with Crippen LogP contribution >= 0.6 is 0 Å². The second-order valence-electron chi connectivity index (χ2n) is 9.04. The molecule has 0 aliphatic rings. The molecule has 0 radical (unpaired) electrons. The van der Waals surface area contributed by atoms with E-state index < -0.39 is 27.4 Å². The molecule has 0 atom stereocenters. The molecule has 0 unspecified atom stereocenters. The van der Waals surface area contributed by atoms with Crippen LogP contribution in [-0.2, 0) is 20.2 Å². The number of ether oxygens (including phenoxy) is 1. The first-order valence-electron chi connectivity index (χ1n) is 11.3. The highest BCUT2D eigenvalue weighted by Gasteiger charge is 2.27. The fraction of sp³-hybridized carbons (Fsp3) is 0.269. The third-order valence-electron chi connectivity index (χ3n) is 5.34. The minimum Gasteiger partial charge on any atom is -0.491 e. The topological polar surface area (TPSA) is 119 Å². The molecule has 3 aromatic rings. The quantitative estimate of drug-likeness (QED) is 0.247. The standard InChI is InChI=1S/C26H29N3O6S/c1-26(2,3)23-11-7-8-12-24(23)35-18-17-27-25(30)19-28(20-13-15-21(16-14-20)29(31)32)36(33,34)22-9-5-4-6-10-22/h4-16H,17-19H2,1-3H3,(H,27,30). The number of sulfonamides is 1. The van der Waals surface area contributed by atoms with Crippen LogP contribution in [0.2, 0.25) is 0 Å². The number of carbonyl (C=O) groups is 1. The van der Waals surface area contributed by atoms with Crippen molar-refractivity contribution in [2.75, 3.05) is 24.0 Å². The smallest absolute Gasteiger partial charge is 0.269 e. The molecule has 0 heterocycles. The van der Waals surface area contributed by atoms with Crippen molar-refractivity contribution in [3.05, 3.63) is 94.5 Å². The van der Waals surface area contributed by atoms with Crippen molar-refractivity contribution in [2.45, 2.75) is 31.1 Å². The summed E-state index contributed by atoms with van der Waals surface area (Å²) in [4.78, 5) is 23.2. The van der Waals surface area contributed by atoms with Crippen LogP contribution in [0.4, 0.5) is 11.4 Å². The van der Waals surface area contributed by atoms with Crippen LogP contribution < -0.4 is 14.4 Å². The van der Waals surface area contributed by atoms with E-state index in [2.05, 4.69) is 26.1 Å². The number of anilines is 1. The lowest BCUT2D eigenvalue weighted by atomic mass is 9.86. The lowest BCUT2D eigenvalue weighted by Gasteiger charge is -2.24. The molecule has 0 spiro atoms. The molecule has 10 heteroatoms. The number of amides is 1. The Bertz CT molecular complexity index is 1300. The Hall–Kier alpha value is -3.92. The number of carbonyl (C=O) groups excluding carboxylic acids is 1. The third-order valence-corrected chi connectivity index (χ3v) is 7.13. The van der Waals surface area contributed by atoms with Gasteiger partial charge in [-0.1, -0.05) is 57.2 Å². The molecular formula is C26H29N3O6S. The van der Waals surface area contributed by atoms with Gasteiger partial charge in [0, 0.05) is 12.1 Å². The van der Waals surface area contributed by atoms with Gasteiger partial charge in [0.2, 0.25) is 5.91 Å². The van der Waals surface area contributed by atoms with Crippen molar-refractivity contribution < 1.29 is 22.9 Å². The fourth-order valence-corrected chi connectivity index (χ4v) is 4.97.